The maximum Gasteiger partial charge on any atom is 0.153 e. The molecule has 0 aromatic heterocycles. The lowest BCUT2D eigenvalue weighted by Gasteiger charge is -2.41. The second kappa shape index (κ2) is 8.99. The summed E-state index contributed by atoms with van der Waals surface area (Å²) in [5, 5.41) is 0. The van der Waals surface area contributed by atoms with Gasteiger partial charge < -0.3 is 0 Å². The normalized spacial score (nSPS) is 11.9. The van der Waals surface area contributed by atoms with Crippen LogP contribution in [0.25, 0.3) is 0 Å². The first kappa shape index (κ1) is 17.9. The van der Waals surface area contributed by atoms with Crippen LogP contribution in [-0.4, -0.2) is 29.3 Å². The van der Waals surface area contributed by atoms with Crippen LogP contribution in [0, 0.1) is 0 Å². The fourth-order valence-electron chi connectivity index (χ4n) is 3.43. The molecule has 0 unspecified atom stereocenters. The van der Waals surface area contributed by atoms with Gasteiger partial charge in [0.1, 0.15) is 0 Å². The number of hydrogen-bond donors (Lipinski definition) is 0. The molecule has 0 saturated carbocycles. The zero-order chi connectivity index (χ0) is 15.7. The molecule has 1 rings (SSSR count). The molecule has 0 saturated heterocycles. The van der Waals surface area contributed by atoms with E-state index in [1.807, 2.05) is 6.07 Å². The van der Waals surface area contributed by atoms with E-state index in [2.05, 4.69) is 56.9 Å². The minimum absolute atomic E-state index is 0.250. The molecule has 1 aromatic carbocycles. The third-order valence-electron chi connectivity index (χ3n) is 4.77. The van der Waals surface area contributed by atoms with Crippen LogP contribution in [0.4, 0.5) is 0 Å². The van der Waals surface area contributed by atoms with E-state index < -0.39 is 0 Å². The number of likely N-dealkylation sites (N-methyl/N-ethyl adjacent to an activating group) is 1. The minimum atomic E-state index is -0.250. The fourth-order valence-corrected chi connectivity index (χ4v) is 3.43. The first-order chi connectivity index (χ1) is 10.1. The van der Waals surface area contributed by atoms with E-state index in [0.29, 0.717) is 12.2 Å². The molecular formula is C19H31NO. The molecule has 2 nitrogen and oxygen atoms in total. The van der Waals surface area contributed by atoms with Crippen LogP contribution in [0.1, 0.15) is 58.9 Å². The van der Waals surface area contributed by atoms with Gasteiger partial charge in [0, 0.05) is 6.42 Å². The minimum Gasteiger partial charge on any atom is -0.298 e. The Kier molecular flexibility index (Phi) is 7.66. The number of rotatable bonds is 10. The summed E-state index contributed by atoms with van der Waals surface area (Å²) in [7, 11) is 0. The second-order valence-corrected chi connectivity index (χ2v) is 5.67. The topological polar surface area (TPSA) is 20.3 Å². The summed E-state index contributed by atoms with van der Waals surface area (Å²) in [6, 6.07) is 10.4. The number of nitrogens with zero attached hydrogens (tertiary/aromatic N) is 1. The number of ketones is 1. The fraction of sp³-hybridized carbons (Fsp3) is 0.632. The molecule has 0 aliphatic rings. The van der Waals surface area contributed by atoms with Crippen molar-refractivity contribution in [3.05, 3.63) is 35.9 Å². The van der Waals surface area contributed by atoms with E-state index in [0.717, 1.165) is 38.8 Å². The number of hydrogen-bond acceptors (Lipinski definition) is 2. The highest BCUT2D eigenvalue weighted by Crippen LogP contribution is 2.27. The molecule has 0 amide bonds. The van der Waals surface area contributed by atoms with Crippen LogP contribution in [0.15, 0.2) is 30.3 Å². The maximum atomic E-state index is 12.8. The van der Waals surface area contributed by atoms with Gasteiger partial charge in [-0.1, -0.05) is 58.0 Å². The van der Waals surface area contributed by atoms with E-state index in [1.54, 1.807) is 0 Å². The van der Waals surface area contributed by atoms with E-state index in [1.165, 1.54) is 5.56 Å². The molecule has 0 aliphatic carbocycles. The molecule has 2 heteroatoms. The van der Waals surface area contributed by atoms with Crippen molar-refractivity contribution in [1.29, 1.82) is 0 Å². The molecule has 0 fully saturated rings. The van der Waals surface area contributed by atoms with Crippen molar-refractivity contribution in [2.75, 3.05) is 13.1 Å². The zero-order valence-electron chi connectivity index (χ0n) is 14.2. The second-order valence-electron chi connectivity index (χ2n) is 5.67. The van der Waals surface area contributed by atoms with Gasteiger partial charge in [-0.25, -0.2) is 0 Å². The van der Waals surface area contributed by atoms with Crippen LogP contribution in [0.5, 0.6) is 0 Å². The molecule has 0 N–H and O–H groups in total. The Morgan fingerprint density at radius 3 is 2.05 bits per heavy atom. The van der Waals surface area contributed by atoms with Crippen LogP contribution in [-0.2, 0) is 11.2 Å². The molecule has 118 valence electrons. The summed E-state index contributed by atoms with van der Waals surface area (Å²) in [5.41, 5.74) is 1.08. The Bertz CT molecular complexity index is 405. The molecule has 21 heavy (non-hydrogen) atoms. The van der Waals surface area contributed by atoms with Crippen LogP contribution in [0.3, 0.4) is 0 Å². The Hall–Kier alpha value is -1.15. The van der Waals surface area contributed by atoms with Gasteiger partial charge in [0.15, 0.2) is 5.78 Å². The van der Waals surface area contributed by atoms with Crippen molar-refractivity contribution in [2.45, 2.75) is 65.3 Å². The lowest BCUT2D eigenvalue weighted by atomic mass is 9.83. The number of Topliss-reactive ketones (excluding diaryl/α,β-unsaturated/α-hetero) is 1. The molecular weight excluding hydrogens is 258 g/mol. The first-order valence-electron chi connectivity index (χ1n) is 8.46. The van der Waals surface area contributed by atoms with Gasteiger partial charge in [-0.3, -0.25) is 9.69 Å². The third kappa shape index (κ3) is 4.41. The first-order valence-corrected chi connectivity index (χ1v) is 8.46. The van der Waals surface area contributed by atoms with E-state index in [-0.39, 0.29) is 5.54 Å². The summed E-state index contributed by atoms with van der Waals surface area (Å²) in [4.78, 5) is 15.2. The average Bonchev–Trinajstić information content (AvgIpc) is 2.53. The van der Waals surface area contributed by atoms with Crippen LogP contribution >= 0.6 is 0 Å². The van der Waals surface area contributed by atoms with Gasteiger partial charge in [0.25, 0.3) is 0 Å². The van der Waals surface area contributed by atoms with Crippen molar-refractivity contribution in [3.8, 4) is 0 Å². The summed E-state index contributed by atoms with van der Waals surface area (Å²) in [6.45, 7) is 10.5. The van der Waals surface area contributed by atoms with E-state index in [9.17, 15) is 4.79 Å². The van der Waals surface area contributed by atoms with Crippen molar-refractivity contribution >= 4 is 5.78 Å². The molecule has 0 bridgehead atoms. The van der Waals surface area contributed by atoms with Crippen molar-refractivity contribution < 1.29 is 4.79 Å². The lowest BCUT2D eigenvalue weighted by molar-refractivity contribution is -0.132. The van der Waals surface area contributed by atoms with Crippen molar-refractivity contribution in [2.24, 2.45) is 0 Å². The number of carbonyl (C=O) groups excluding carboxylic acids is 1. The standard InChI is InChI=1S/C19H31NO/c1-5-19(6-2,20(7-3)8-4)18(21)16-12-15-17-13-10-9-11-14-17/h9-11,13-14H,5-8,12,15-16H2,1-4H3. The largest absolute Gasteiger partial charge is 0.298 e. The summed E-state index contributed by atoms with van der Waals surface area (Å²) >= 11 is 0. The SMILES string of the molecule is CCN(CC)C(CC)(CC)C(=O)CCCc1ccccc1. The van der Waals surface area contributed by atoms with Crippen molar-refractivity contribution in [1.82, 2.24) is 4.90 Å². The highest BCUT2D eigenvalue weighted by Gasteiger charge is 2.38. The van der Waals surface area contributed by atoms with Gasteiger partial charge in [-0.05, 0) is 44.3 Å². The maximum absolute atomic E-state index is 12.8. The number of aryl methyl sites for hydroxylation is 1. The molecule has 0 atom stereocenters. The van der Waals surface area contributed by atoms with E-state index in [4.69, 9.17) is 0 Å². The summed E-state index contributed by atoms with van der Waals surface area (Å²) < 4.78 is 0. The van der Waals surface area contributed by atoms with Gasteiger partial charge in [0.2, 0.25) is 0 Å². The molecule has 0 spiro atoms. The molecule has 0 radical (unpaired) electrons. The predicted octanol–water partition coefficient (Wildman–Crippen LogP) is 4.48. The predicted molar refractivity (Wildman–Crippen MR) is 90.6 cm³/mol. The Labute approximate surface area is 130 Å². The lowest BCUT2D eigenvalue weighted by Crippen LogP contribution is -2.53. The Morgan fingerprint density at radius 1 is 1.00 bits per heavy atom. The smallest absolute Gasteiger partial charge is 0.153 e. The molecule has 0 aliphatic heterocycles. The quantitative estimate of drug-likeness (QED) is 0.633. The molecule has 1 aromatic rings. The number of carbonyl (C=O) groups is 1. The summed E-state index contributed by atoms with van der Waals surface area (Å²) in [6.07, 6.45) is 4.46. The van der Waals surface area contributed by atoms with Crippen LogP contribution < -0.4 is 0 Å². The highest BCUT2D eigenvalue weighted by atomic mass is 16.1. The summed E-state index contributed by atoms with van der Waals surface area (Å²) in [5.74, 6) is 0.423. The highest BCUT2D eigenvalue weighted by molar-refractivity contribution is 5.88. The Balaban J connectivity index is 2.65. The zero-order valence-corrected chi connectivity index (χ0v) is 14.2. The third-order valence-corrected chi connectivity index (χ3v) is 4.77. The average molecular weight is 289 g/mol. The Morgan fingerprint density at radius 2 is 1.57 bits per heavy atom. The number of benzene rings is 1. The van der Waals surface area contributed by atoms with Crippen LogP contribution in [0.2, 0.25) is 0 Å². The van der Waals surface area contributed by atoms with Gasteiger partial charge in [-0.15, -0.1) is 0 Å². The molecule has 0 heterocycles. The monoisotopic (exact) mass is 289 g/mol. The van der Waals surface area contributed by atoms with Gasteiger partial charge in [0.05, 0.1) is 5.54 Å². The van der Waals surface area contributed by atoms with Crippen molar-refractivity contribution in [3.63, 3.8) is 0 Å². The van der Waals surface area contributed by atoms with Gasteiger partial charge >= 0.3 is 0 Å². The van der Waals surface area contributed by atoms with Gasteiger partial charge in [-0.2, -0.15) is 0 Å². The van der Waals surface area contributed by atoms with E-state index >= 15 is 0 Å².